The maximum atomic E-state index is 13.1. The summed E-state index contributed by atoms with van der Waals surface area (Å²) in [4.78, 5) is 37.6. The number of nitrogens with zero attached hydrogens (tertiary/aromatic N) is 2. The minimum absolute atomic E-state index is 0.132. The van der Waals surface area contributed by atoms with E-state index in [9.17, 15) is 19.7 Å². The van der Waals surface area contributed by atoms with Crippen molar-refractivity contribution in [3.8, 4) is 5.75 Å². The largest absolute Gasteiger partial charge is 0.478 e. The number of nitro groups is 1. The van der Waals surface area contributed by atoms with Crippen LogP contribution in [-0.4, -0.2) is 35.6 Å². The summed E-state index contributed by atoms with van der Waals surface area (Å²) in [5.41, 5.74) is 0.0444. The lowest BCUT2D eigenvalue weighted by Gasteiger charge is -2.39. The molecule has 1 aliphatic heterocycles. The van der Waals surface area contributed by atoms with E-state index in [1.54, 1.807) is 6.92 Å². The van der Waals surface area contributed by atoms with Crippen molar-refractivity contribution in [2.75, 3.05) is 11.5 Å². The summed E-state index contributed by atoms with van der Waals surface area (Å²) < 4.78 is 11.1. The van der Waals surface area contributed by atoms with Crippen LogP contribution < -0.4 is 9.64 Å². The van der Waals surface area contributed by atoms with Crippen LogP contribution in [-0.2, 0) is 14.3 Å². The molecule has 1 aromatic rings. The Morgan fingerprint density at radius 2 is 2.00 bits per heavy atom. The van der Waals surface area contributed by atoms with Crippen LogP contribution in [0.4, 0.5) is 11.4 Å². The maximum Gasteiger partial charge on any atom is 0.329 e. The number of carbonyl (C=O) groups is 2. The summed E-state index contributed by atoms with van der Waals surface area (Å²) in [6.07, 6.45) is -0.457. The minimum atomic E-state index is -0.873. The summed E-state index contributed by atoms with van der Waals surface area (Å²) in [5, 5.41) is 11.2. The zero-order valence-electron chi connectivity index (χ0n) is 16.3. The van der Waals surface area contributed by atoms with E-state index < -0.39 is 28.9 Å². The molecule has 1 heterocycles. The number of carbonyl (C=O) groups excluding carboxylic acids is 2. The number of hydrogen-bond acceptors (Lipinski definition) is 6. The van der Waals surface area contributed by atoms with E-state index in [-0.39, 0.29) is 29.8 Å². The number of esters is 1. The quantitative estimate of drug-likeness (QED) is 0.410. The SMILES string of the molecule is CCC(C(=O)OCC(C)C)N1C(=O)C(C(C)C)Oc2ccc([N+](=O)[O-])cc21. The van der Waals surface area contributed by atoms with Crippen LogP contribution in [0.3, 0.4) is 0 Å². The predicted molar refractivity (Wildman–Crippen MR) is 99.7 cm³/mol. The molecular formula is C19H26N2O6. The van der Waals surface area contributed by atoms with Gasteiger partial charge in [-0.3, -0.25) is 19.8 Å². The second-order valence-corrected chi connectivity index (χ2v) is 7.35. The van der Waals surface area contributed by atoms with Crippen molar-refractivity contribution in [2.45, 2.75) is 53.2 Å². The monoisotopic (exact) mass is 378 g/mol. The molecule has 0 fully saturated rings. The number of fused-ring (bicyclic) bond motifs is 1. The van der Waals surface area contributed by atoms with Gasteiger partial charge in [0, 0.05) is 12.1 Å². The van der Waals surface area contributed by atoms with Gasteiger partial charge in [-0.2, -0.15) is 0 Å². The Morgan fingerprint density at radius 1 is 1.33 bits per heavy atom. The van der Waals surface area contributed by atoms with E-state index >= 15 is 0 Å². The Kier molecular flexibility index (Phi) is 6.41. The number of hydrogen-bond donors (Lipinski definition) is 0. The first-order valence-corrected chi connectivity index (χ1v) is 9.12. The molecule has 8 nitrogen and oxygen atoms in total. The highest BCUT2D eigenvalue weighted by Crippen LogP contribution is 2.40. The van der Waals surface area contributed by atoms with Crippen molar-refractivity contribution in [1.29, 1.82) is 0 Å². The van der Waals surface area contributed by atoms with Gasteiger partial charge in [0.25, 0.3) is 11.6 Å². The van der Waals surface area contributed by atoms with Gasteiger partial charge in [-0.15, -0.1) is 0 Å². The molecule has 1 aliphatic rings. The lowest BCUT2D eigenvalue weighted by Crippen LogP contribution is -2.55. The molecule has 0 bridgehead atoms. The van der Waals surface area contributed by atoms with Crippen molar-refractivity contribution in [1.82, 2.24) is 0 Å². The highest BCUT2D eigenvalue weighted by atomic mass is 16.6. The first-order valence-electron chi connectivity index (χ1n) is 9.12. The third kappa shape index (κ3) is 4.37. The van der Waals surface area contributed by atoms with Crippen molar-refractivity contribution in [3.63, 3.8) is 0 Å². The Balaban J connectivity index is 2.50. The van der Waals surface area contributed by atoms with Crippen molar-refractivity contribution < 1.29 is 24.0 Å². The Hall–Kier alpha value is -2.64. The average Bonchev–Trinajstić information content (AvgIpc) is 2.61. The topological polar surface area (TPSA) is 99.0 Å². The molecule has 0 N–H and O–H groups in total. The van der Waals surface area contributed by atoms with E-state index in [4.69, 9.17) is 9.47 Å². The van der Waals surface area contributed by atoms with Crippen LogP contribution in [0.2, 0.25) is 0 Å². The van der Waals surface area contributed by atoms with E-state index in [1.807, 2.05) is 27.7 Å². The number of rotatable bonds is 7. The third-order valence-corrected chi connectivity index (χ3v) is 4.28. The van der Waals surface area contributed by atoms with Crippen LogP contribution in [0.25, 0.3) is 0 Å². The molecule has 0 aliphatic carbocycles. The normalized spacial score (nSPS) is 17.5. The van der Waals surface area contributed by atoms with Crippen LogP contribution in [0.15, 0.2) is 18.2 Å². The van der Waals surface area contributed by atoms with Crippen LogP contribution in [0.5, 0.6) is 5.75 Å². The summed E-state index contributed by atoms with van der Waals surface area (Å²) in [6, 6.07) is 3.18. The molecule has 0 aromatic heterocycles. The van der Waals surface area contributed by atoms with Crippen molar-refractivity contribution >= 4 is 23.3 Å². The van der Waals surface area contributed by atoms with Crippen LogP contribution in [0, 0.1) is 22.0 Å². The fourth-order valence-electron chi connectivity index (χ4n) is 2.89. The fraction of sp³-hybridized carbons (Fsp3) is 0.579. The van der Waals surface area contributed by atoms with Gasteiger partial charge in [-0.1, -0.05) is 34.6 Å². The Morgan fingerprint density at radius 3 is 2.52 bits per heavy atom. The van der Waals surface area contributed by atoms with Gasteiger partial charge in [0.15, 0.2) is 6.10 Å². The second-order valence-electron chi connectivity index (χ2n) is 7.35. The summed E-state index contributed by atoms with van der Waals surface area (Å²) in [7, 11) is 0. The smallest absolute Gasteiger partial charge is 0.329 e. The number of anilines is 1. The van der Waals surface area contributed by atoms with Crippen molar-refractivity contribution in [2.24, 2.45) is 11.8 Å². The highest BCUT2D eigenvalue weighted by Gasteiger charge is 2.42. The van der Waals surface area contributed by atoms with Gasteiger partial charge in [-0.25, -0.2) is 4.79 Å². The Labute approximate surface area is 158 Å². The average molecular weight is 378 g/mol. The van der Waals surface area contributed by atoms with E-state index in [0.29, 0.717) is 12.2 Å². The number of ether oxygens (including phenoxy) is 2. The molecule has 1 amide bonds. The first-order chi connectivity index (χ1) is 12.7. The van der Waals surface area contributed by atoms with Gasteiger partial charge in [0.2, 0.25) is 0 Å². The van der Waals surface area contributed by atoms with Crippen LogP contribution in [0.1, 0.15) is 41.0 Å². The van der Waals surface area contributed by atoms with Gasteiger partial charge >= 0.3 is 5.97 Å². The first kappa shape index (κ1) is 20.7. The van der Waals surface area contributed by atoms with Gasteiger partial charge in [-0.05, 0) is 24.3 Å². The summed E-state index contributed by atoms with van der Waals surface area (Å²) >= 11 is 0. The molecule has 27 heavy (non-hydrogen) atoms. The third-order valence-electron chi connectivity index (χ3n) is 4.28. The van der Waals surface area contributed by atoms with Gasteiger partial charge in [0.1, 0.15) is 11.8 Å². The fourth-order valence-corrected chi connectivity index (χ4v) is 2.89. The zero-order chi connectivity index (χ0) is 20.3. The van der Waals surface area contributed by atoms with E-state index in [2.05, 4.69) is 0 Å². The number of amides is 1. The lowest BCUT2D eigenvalue weighted by atomic mass is 10.0. The predicted octanol–water partition coefficient (Wildman–Crippen LogP) is 3.32. The Bertz CT molecular complexity index is 731. The second kappa shape index (κ2) is 8.37. The van der Waals surface area contributed by atoms with Crippen molar-refractivity contribution in [3.05, 3.63) is 28.3 Å². The van der Waals surface area contributed by atoms with E-state index in [0.717, 1.165) is 0 Å². The summed E-state index contributed by atoms with van der Waals surface area (Å²) in [6.45, 7) is 9.53. The molecule has 2 atom stereocenters. The zero-order valence-corrected chi connectivity index (χ0v) is 16.3. The van der Waals surface area contributed by atoms with Gasteiger partial charge in [0.05, 0.1) is 17.2 Å². The minimum Gasteiger partial charge on any atom is -0.478 e. The molecule has 0 saturated carbocycles. The standard InChI is InChI=1S/C19H26N2O6/c1-6-14(19(23)26-10-11(2)3)20-15-9-13(21(24)25)7-8-16(15)27-17(12(4)5)18(20)22/h7-9,11-12,14,17H,6,10H2,1-5H3. The van der Waals surface area contributed by atoms with E-state index in [1.165, 1.54) is 23.1 Å². The highest BCUT2D eigenvalue weighted by molar-refractivity contribution is 6.05. The molecule has 0 spiro atoms. The lowest BCUT2D eigenvalue weighted by molar-refractivity contribution is -0.384. The number of nitro benzene ring substituents is 1. The molecule has 8 heteroatoms. The molecular weight excluding hydrogens is 352 g/mol. The molecule has 2 unspecified atom stereocenters. The molecule has 0 radical (unpaired) electrons. The molecule has 2 rings (SSSR count). The number of benzene rings is 1. The summed E-state index contributed by atoms with van der Waals surface area (Å²) in [5.74, 6) is -0.557. The van der Waals surface area contributed by atoms with Crippen LogP contribution >= 0.6 is 0 Å². The van der Waals surface area contributed by atoms with Gasteiger partial charge < -0.3 is 9.47 Å². The molecule has 0 saturated heterocycles. The molecule has 1 aromatic carbocycles. The number of non-ortho nitro benzene ring substituents is 1. The maximum absolute atomic E-state index is 13.1. The molecule has 148 valence electrons.